The first kappa shape index (κ1) is 17.7. The molecule has 1 atom stereocenters. The van der Waals surface area contributed by atoms with Crippen molar-refractivity contribution < 1.29 is 22.7 Å². The highest BCUT2D eigenvalue weighted by molar-refractivity contribution is 5.94. The molecule has 1 heterocycles. The molecular formula is C16H15F3N2O3. The maximum absolute atomic E-state index is 13.1. The number of aromatic nitrogens is 1. The molecule has 0 radical (unpaired) electrons. The van der Waals surface area contributed by atoms with E-state index in [4.69, 9.17) is 4.74 Å². The van der Waals surface area contributed by atoms with Crippen molar-refractivity contribution in [2.24, 2.45) is 0 Å². The van der Waals surface area contributed by atoms with Crippen LogP contribution in [0.15, 0.2) is 41.2 Å². The zero-order valence-corrected chi connectivity index (χ0v) is 12.9. The maximum Gasteiger partial charge on any atom is 0.416 e. The van der Waals surface area contributed by atoms with E-state index in [-0.39, 0.29) is 11.4 Å². The molecule has 8 heteroatoms. The second kappa shape index (κ2) is 6.88. The van der Waals surface area contributed by atoms with Crippen LogP contribution in [0.5, 0.6) is 0 Å². The first-order valence-corrected chi connectivity index (χ1v) is 6.93. The Kier molecular flexibility index (Phi) is 5.08. The summed E-state index contributed by atoms with van der Waals surface area (Å²) in [6, 6.07) is 7.48. The second-order valence-electron chi connectivity index (χ2n) is 5.13. The summed E-state index contributed by atoms with van der Waals surface area (Å²) in [6.45, 7) is 1.65. The van der Waals surface area contributed by atoms with Crippen molar-refractivity contribution in [3.05, 3.63) is 63.4 Å². The van der Waals surface area contributed by atoms with Gasteiger partial charge in [-0.1, -0.05) is 18.2 Å². The van der Waals surface area contributed by atoms with Crippen molar-refractivity contribution in [1.29, 1.82) is 0 Å². The first-order chi connectivity index (χ1) is 11.2. The molecule has 0 aliphatic heterocycles. The van der Waals surface area contributed by atoms with Gasteiger partial charge in [0.05, 0.1) is 5.56 Å². The number of aromatic amines is 1. The smallest absolute Gasteiger partial charge is 0.367 e. The Labute approximate surface area is 135 Å². The minimum Gasteiger partial charge on any atom is -0.367 e. The van der Waals surface area contributed by atoms with Crippen LogP contribution < -0.4 is 10.9 Å². The van der Waals surface area contributed by atoms with Crippen LogP contribution in [0, 0.1) is 6.92 Å². The van der Waals surface area contributed by atoms with Crippen molar-refractivity contribution >= 4 is 11.7 Å². The fourth-order valence-electron chi connectivity index (χ4n) is 2.31. The molecule has 1 unspecified atom stereocenters. The third kappa shape index (κ3) is 4.02. The molecule has 2 N–H and O–H groups in total. The topological polar surface area (TPSA) is 71.2 Å². The number of aryl methyl sites for hydroxylation is 1. The summed E-state index contributed by atoms with van der Waals surface area (Å²) in [5.74, 6) is -0.744. The third-order valence-electron chi connectivity index (χ3n) is 3.27. The average molecular weight is 340 g/mol. The van der Waals surface area contributed by atoms with Gasteiger partial charge in [0.25, 0.3) is 5.91 Å². The van der Waals surface area contributed by atoms with Crippen molar-refractivity contribution in [1.82, 2.24) is 4.98 Å². The van der Waals surface area contributed by atoms with E-state index in [1.165, 1.54) is 30.3 Å². The molecule has 1 aromatic carbocycles. The van der Waals surface area contributed by atoms with Gasteiger partial charge in [-0.2, -0.15) is 13.2 Å². The molecule has 5 nitrogen and oxygen atoms in total. The number of hydrogen-bond donors (Lipinski definition) is 2. The van der Waals surface area contributed by atoms with Crippen LogP contribution in [0.25, 0.3) is 0 Å². The SMILES string of the molecule is COC(C(=O)Nc1cc(C)cc(=O)[nH]1)c1ccccc1C(F)(F)F. The van der Waals surface area contributed by atoms with E-state index in [9.17, 15) is 22.8 Å². The van der Waals surface area contributed by atoms with Gasteiger partial charge in [-0.05, 0) is 24.6 Å². The lowest BCUT2D eigenvalue weighted by Crippen LogP contribution is -2.26. The fraction of sp³-hybridized carbons (Fsp3) is 0.250. The lowest BCUT2D eigenvalue weighted by Gasteiger charge is -2.20. The summed E-state index contributed by atoms with van der Waals surface area (Å²) in [4.78, 5) is 26.1. The minimum absolute atomic E-state index is 0.0801. The second-order valence-corrected chi connectivity index (χ2v) is 5.13. The van der Waals surface area contributed by atoms with Crippen molar-refractivity contribution in [3.63, 3.8) is 0 Å². The van der Waals surface area contributed by atoms with Crippen LogP contribution in [-0.2, 0) is 15.7 Å². The molecule has 0 spiro atoms. The normalized spacial score (nSPS) is 12.7. The predicted octanol–water partition coefficient (Wildman–Crippen LogP) is 3.03. The summed E-state index contributed by atoms with van der Waals surface area (Å²) in [5.41, 5.74) is -1.10. The van der Waals surface area contributed by atoms with Crippen molar-refractivity contribution in [2.45, 2.75) is 19.2 Å². The van der Waals surface area contributed by atoms with Crippen LogP contribution in [0.3, 0.4) is 0 Å². The molecule has 0 aliphatic carbocycles. The highest BCUT2D eigenvalue weighted by atomic mass is 19.4. The molecule has 24 heavy (non-hydrogen) atoms. The molecule has 2 rings (SSSR count). The van der Waals surface area contributed by atoms with Crippen LogP contribution in [-0.4, -0.2) is 18.0 Å². The number of benzene rings is 1. The number of methoxy groups -OCH3 is 1. The number of ether oxygens (including phenoxy) is 1. The van der Waals surface area contributed by atoms with E-state index in [2.05, 4.69) is 10.3 Å². The summed E-state index contributed by atoms with van der Waals surface area (Å²) >= 11 is 0. The van der Waals surface area contributed by atoms with E-state index < -0.39 is 29.3 Å². The molecule has 0 aliphatic rings. The average Bonchev–Trinajstić information content (AvgIpc) is 2.46. The van der Waals surface area contributed by atoms with Gasteiger partial charge in [0.1, 0.15) is 5.82 Å². The van der Waals surface area contributed by atoms with Crippen LogP contribution in [0.1, 0.15) is 22.8 Å². The number of H-pyrrole nitrogens is 1. The minimum atomic E-state index is -4.62. The number of halogens is 3. The van der Waals surface area contributed by atoms with Gasteiger partial charge < -0.3 is 15.0 Å². The molecule has 0 fully saturated rings. The maximum atomic E-state index is 13.1. The monoisotopic (exact) mass is 340 g/mol. The lowest BCUT2D eigenvalue weighted by molar-refractivity contribution is -0.140. The Balaban J connectivity index is 2.35. The molecule has 1 amide bonds. The van der Waals surface area contributed by atoms with Gasteiger partial charge in [-0.3, -0.25) is 9.59 Å². The van der Waals surface area contributed by atoms with Crippen molar-refractivity contribution in [3.8, 4) is 0 Å². The first-order valence-electron chi connectivity index (χ1n) is 6.93. The molecule has 0 saturated heterocycles. The molecular weight excluding hydrogens is 325 g/mol. The number of hydrogen-bond acceptors (Lipinski definition) is 3. The zero-order valence-electron chi connectivity index (χ0n) is 12.9. The predicted molar refractivity (Wildman–Crippen MR) is 81.6 cm³/mol. The number of pyridine rings is 1. The third-order valence-corrected chi connectivity index (χ3v) is 3.27. The Bertz CT molecular complexity index is 800. The Morgan fingerprint density at radius 1 is 1.25 bits per heavy atom. The van der Waals surface area contributed by atoms with E-state index in [1.54, 1.807) is 6.92 Å². The highest BCUT2D eigenvalue weighted by Gasteiger charge is 2.36. The number of alkyl halides is 3. The molecule has 0 saturated carbocycles. The van der Waals surface area contributed by atoms with Crippen LogP contribution >= 0.6 is 0 Å². The van der Waals surface area contributed by atoms with E-state index >= 15 is 0 Å². The van der Waals surface area contributed by atoms with Gasteiger partial charge >= 0.3 is 6.18 Å². The number of nitrogens with one attached hydrogen (secondary N) is 2. The number of carbonyl (C=O) groups excluding carboxylic acids is 1. The summed E-state index contributed by atoms with van der Waals surface area (Å²) < 4.78 is 44.3. The van der Waals surface area contributed by atoms with E-state index in [0.29, 0.717) is 5.56 Å². The fourth-order valence-corrected chi connectivity index (χ4v) is 2.31. The summed E-state index contributed by atoms with van der Waals surface area (Å²) in [5, 5.41) is 2.36. The number of anilines is 1. The molecule has 128 valence electrons. The number of rotatable bonds is 4. The number of amides is 1. The Hall–Kier alpha value is -2.61. The molecule has 0 bridgehead atoms. The summed E-state index contributed by atoms with van der Waals surface area (Å²) in [7, 11) is 1.14. The Morgan fingerprint density at radius 2 is 1.92 bits per heavy atom. The highest BCUT2D eigenvalue weighted by Crippen LogP contribution is 2.35. The molecule has 2 aromatic rings. The quantitative estimate of drug-likeness (QED) is 0.899. The number of carbonyl (C=O) groups is 1. The lowest BCUT2D eigenvalue weighted by atomic mass is 10.0. The van der Waals surface area contributed by atoms with Crippen LogP contribution in [0.2, 0.25) is 0 Å². The van der Waals surface area contributed by atoms with Crippen molar-refractivity contribution in [2.75, 3.05) is 12.4 Å². The van der Waals surface area contributed by atoms with Gasteiger partial charge in [-0.15, -0.1) is 0 Å². The standard InChI is InChI=1S/C16H15F3N2O3/c1-9-7-12(20-13(22)8-9)21-15(23)14(24-2)10-5-3-4-6-11(10)16(17,18)19/h3-8,14H,1-2H3,(H2,20,21,22,23). The van der Waals surface area contributed by atoms with Gasteiger partial charge in [-0.25, -0.2) is 0 Å². The van der Waals surface area contributed by atoms with Gasteiger partial charge in [0.15, 0.2) is 6.10 Å². The molecule has 1 aromatic heterocycles. The largest absolute Gasteiger partial charge is 0.416 e. The van der Waals surface area contributed by atoms with E-state index in [1.807, 2.05) is 0 Å². The summed E-state index contributed by atoms with van der Waals surface area (Å²) in [6.07, 6.45) is -6.10. The van der Waals surface area contributed by atoms with Gasteiger partial charge in [0.2, 0.25) is 5.56 Å². The van der Waals surface area contributed by atoms with Crippen LogP contribution in [0.4, 0.5) is 19.0 Å². The van der Waals surface area contributed by atoms with E-state index in [0.717, 1.165) is 13.2 Å². The zero-order chi connectivity index (χ0) is 17.9. The Morgan fingerprint density at radius 3 is 2.50 bits per heavy atom. The van der Waals surface area contributed by atoms with Gasteiger partial charge in [0, 0.05) is 18.7 Å².